The molecule has 0 saturated carbocycles. The maximum atomic E-state index is 13.2. The number of amides is 2. The fourth-order valence-electron chi connectivity index (χ4n) is 2.79. The molecule has 0 aliphatic heterocycles. The molecule has 2 aromatic carbocycles. The highest BCUT2D eigenvalue weighted by Crippen LogP contribution is 2.19. The third kappa shape index (κ3) is 6.02. The van der Waals surface area contributed by atoms with Crippen LogP contribution in [-0.4, -0.2) is 51.0 Å². The molecule has 0 aliphatic rings. The van der Waals surface area contributed by atoms with Crippen molar-refractivity contribution in [1.29, 1.82) is 0 Å². The Balaban J connectivity index is 2.34. The van der Waals surface area contributed by atoms with E-state index in [4.69, 9.17) is 0 Å². The molecule has 0 bridgehead atoms. The maximum Gasteiger partial charge on any atom is 0.244 e. The quantitative estimate of drug-likeness (QED) is 0.704. The molecule has 0 aliphatic carbocycles. The summed E-state index contributed by atoms with van der Waals surface area (Å²) < 4.78 is 38.7. The van der Waals surface area contributed by atoms with Gasteiger partial charge < -0.3 is 10.2 Å². The number of likely N-dealkylation sites (N-methyl/N-ethyl adjacent to an activating group) is 1. The molecule has 9 heteroatoms. The van der Waals surface area contributed by atoms with E-state index < -0.39 is 34.3 Å². The van der Waals surface area contributed by atoms with Crippen LogP contribution >= 0.6 is 0 Å². The molecule has 0 aromatic heterocycles. The Morgan fingerprint density at radius 1 is 1.07 bits per heavy atom. The van der Waals surface area contributed by atoms with E-state index in [1.807, 2.05) is 30.3 Å². The zero-order chi connectivity index (χ0) is 21.6. The van der Waals surface area contributed by atoms with E-state index in [0.717, 1.165) is 28.3 Å². The van der Waals surface area contributed by atoms with Crippen molar-refractivity contribution in [2.75, 3.05) is 24.2 Å². The number of rotatable bonds is 8. The van der Waals surface area contributed by atoms with Crippen LogP contribution in [0.25, 0.3) is 0 Å². The zero-order valence-electron chi connectivity index (χ0n) is 16.5. The summed E-state index contributed by atoms with van der Waals surface area (Å²) in [5.41, 5.74) is 0.957. The molecule has 2 amide bonds. The second kappa shape index (κ2) is 9.51. The maximum absolute atomic E-state index is 13.2. The van der Waals surface area contributed by atoms with Gasteiger partial charge >= 0.3 is 0 Å². The molecule has 2 aromatic rings. The average molecular weight is 421 g/mol. The fraction of sp³-hybridized carbons (Fsp3) is 0.300. The predicted molar refractivity (Wildman–Crippen MR) is 109 cm³/mol. The van der Waals surface area contributed by atoms with Gasteiger partial charge in [-0.3, -0.25) is 13.9 Å². The fourth-order valence-corrected chi connectivity index (χ4v) is 3.64. The summed E-state index contributed by atoms with van der Waals surface area (Å²) in [7, 11) is -2.36. The highest BCUT2D eigenvalue weighted by Gasteiger charge is 2.29. The van der Waals surface area contributed by atoms with Crippen LogP contribution in [0.3, 0.4) is 0 Å². The number of carbonyl (C=O) groups excluding carboxylic acids is 2. The Kier molecular flexibility index (Phi) is 7.33. The summed E-state index contributed by atoms with van der Waals surface area (Å²) in [4.78, 5) is 26.5. The van der Waals surface area contributed by atoms with Gasteiger partial charge in [0.05, 0.1) is 11.9 Å². The molecule has 0 unspecified atom stereocenters. The van der Waals surface area contributed by atoms with Crippen molar-refractivity contribution in [3.63, 3.8) is 0 Å². The molecule has 0 spiro atoms. The van der Waals surface area contributed by atoms with Crippen molar-refractivity contribution in [2.45, 2.75) is 19.5 Å². The molecule has 1 N–H and O–H groups in total. The zero-order valence-corrected chi connectivity index (χ0v) is 17.3. The number of nitrogens with one attached hydrogen (secondary N) is 1. The normalized spacial score (nSPS) is 12.1. The molecule has 0 heterocycles. The molecule has 0 fully saturated rings. The first-order valence-electron chi connectivity index (χ1n) is 8.91. The van der Waals surface area contributed by atoms with Gasteiger partial charge in [-0.05, 0) is 36.8 Å². The number of hydrogen-bond donors (Lipinski definition) is 1. The highest BCUT2D eigenvalue weighted by molar-refractivity contribution is 7.92. The van der Waals surface area contributed by atoms with E-state index in [1.165, 1.54) is 24.1 Å². The molecule has 0 radical (unpaired) electrons. The number of anilines is 1. The number of benzene rings is 2. The number of nitrogens with zero attached hydrogens (tertiary/aromatic N) is 2. The number of carbonyl (C=O) groups is 2. The van der Waals surface area contributed by atoms with Crippen molar-refractivity contribution in [3.8, 4) is 0 Å². The van der Waals surface area contributed by atoms with Crippen LogP contribution in [0.15, 0.2) is 54.6 Å². The minimum atomic E-state index is -3.82. The summed E-state index contributed by atoms with van der Waals surface area (Å²) in [6, 6.07) is 13.1. The van der Waals surface area contributed by atoms with Gasteiger partial charge in [-0.2, -0.15) is 0 Å². The van der Waals surface area contributed by atoms with E-state index in [2.05, 4.69) is 5.32 Å². The van der Waals surface area contributed by atoms with Crippen LogP contribution < -0.4 is 9.62 Å². The lowest BCUT2D eigenvalue weighted by Gasteiger charge is -2.31. The van der Waals surface area contributed by atoms with Crippen LogP contribution in [-0.2, 0) is 26.2 Å². The van der Waals surface area contributed by atoms with Crippen molar-refractivity contribution < 1.29 is 22.4 Å². The SMILES string of the molecule is CNC(=O)[C@@H](C)N(Cc1ccccc1)C(=O)CN(c1ccc(F)cc1)S(C)(=O)=O. The molecule has 0 saturated heterocycles. The topological polar surface area (TPSA) is 86.8 Å². The monoisotopic (exact) mass is 421 g/mol. The smallest absolute Gasteiger partial charge is 0.244 e. The average Bonchev–Trinajstić information content (AvgIpc) is 2.69. The standard InChI is InChI=1S/C20H24FN3O4S/c1-15(20(26)22-2)23(13-16-7-5-4-6-8-16)19(25)14-24(29(3,27)28)18-11-9-17(21)10-12-18/h4-12,15H,13-14H2,1-3H3,(H,22,26)/t15-/m1/s1. The molecule has 29 heavy (non-hydrogen) atoms. The summed E-state index contributed by atoms with van der Waals surface area (Å²) >= 11 is 0. The van der Waals surface area contributed by atoms with Crippen LogP contribution in [0.5, 0.6) is 0 Å². The molecule has 2 rings (SSSR count). The molecule has 1 atom stereocenters. The van der Waals surface area contributed by atoms with Crippen molar-refractivity contribution in [1.82, 2.24) is 10.2 Å². The van der Waals surface area contributed by atoms with Gasteiger partial charge in [-0.15, -0.1) is 0 Å². The lowest BCUT2D eigenvalue weighted by atomic mass is 10.1. The minimum absolute atomic E-state index is 0.134. The first-order chi connectivity index (χ1) is 13.6. The third-order valence-electron chi connectivity index (χ3n) is 4.40. The van der Waals surface area contributed by atoms with Gasteiger partial charge in [0.1, 0.15) is 18.4 Å². The Labute approximate surface area is 170 Å². The first-order valence-corrected chi connectivity index (χ1v) is 10.8. The lowest BCUT2D eigenvalue weighted by molar-refractivity contribution is -0.139. The highest BCUT2D eigenvalue weighted by atomic mass is 32.2. The van der Waals surface area contributed by atoms with Crippen molar-refractivity contribution in [2.24, 2.45) is 0 Å². The largest absolute Gasteiger partial charge is 0.357 e. The number of halogens is 1. The third-order valence-corrected chi connectivity index (χ3v) is 5.54. The second-order valence-corrected chi connectivity index (χ2v) is 8.45. The van der Waals surface area contributed by atoms with Gasteiger partial charge in [-0.1, -0.05) is 30.3 Å². The van der Waals surface area contributed by atoms with Crippen LogP contribution in [0, 0.1) is 5.82 Å². The summed E-state index contributed by atoms with van der Waals surface area (Å²) in [6.07, 6.45) is 0.966. The lowest BCUT2D eigenvalue weighted by Crippen LogP contribution is -2.50. The van der Waals surface area contributed by atoms with E-state index >= 15 is 0 Å². The van der Waals surface area contributed by atoms with E-state index in [0.29, 0.717) is 0 Å². The molecular formula is C20H24FN3O4S. The molecule has 156 valence electrons. The Morgan fingerprint density at radius 3 is 2.17 bits per heavy atom. The number of hydrogen-bond acceptors (Lipinski definition) is 4. The van der Waals surface area contributed by atoms with Gasteiger partial charge in [0.2, 0.25) is 21.8 Å². The van der Waals surface area contributed by atoms with Gasteiger partial charge in [0, 0.05) is 13.6 Å². The molecule has 7 nitrogen and oxygen atoms in total. The minimum Gasteiger partial charge on any atom is -0.357 e. The van der Waals surface area contributed by atoms with E-state index in [9.17, 15) is 22.4 Å². The van der Waals surface area contributed by atoms with Gasteiger partial charge in [0.25, 0.3) is 0 Å². The van der Waals surface area contributed by atoms with Crippen molar-refractivity contribution >= 4 is 27.5 Å². The van der Waals surface area contributed by atoms with E-state index in [1.54, 1.807) is 6.92 Å². The second-order valence-electron chi connectivity index (χ2n) is 6.54. The Bertz CT molecular complexity index is 949. The van der Waals surface area contributed by atoms with Gasteiger partial charge in [-0.25, -0.2) is 12.8 Å². The van der Waals surface area contributed by atoms with Crippen LogP contribution in [0.4, 0.5) is 10.1 Å². The predicted octanol–water partition coefficient (Wildman–Crippen LogP) is 1.75. The number of sulfonamides is 1. The van der Waals surface area contributed by atoms with Crippen LogP contribution in [0.2, 0.25) is 0 Å². The summed E-state index contributed by atoms with van der Waals surface area (Å²) in [6.45, 7) is 1.19. The first kappa shape index (κ1) is 22.4. The Hall–Kier alpha value is -2.94. The Morgan fingerprint density at radius 2 is 1.66 bits per heavy atom. The summed E-state index contributed by atoms with van der Waals surface area (Å²) in [5, 5.41) is 2.50. The van der Waals surface area contributed by atoms with Gasteiger partial charge in [0.15, 0.2) is 0 Å². The van der Waals surface area contributed by atoms with Crippen molar-refractivity contribution in [3.05, 3.63) is 66.0 Å². The van der Waals surface area contributed by atoms with E-state index in [-0.39, 0.29) is 18.1 Å². The van der Waals surface area contributed by atoms with Crippen LogP contribution in [0.1, 0.15) is 12.5 Å². The molecular weight excluding hydrogens is 397 g/mol. The summed E-state index contributed by atoms with van der Waals surface area (Å²) in [5.74, 6) is -1.45.